The largest absolute Gasteiger partial charge is 0.497 e. The third-order valence-corrected chi connectivity index (χ3v) is 6.43. The molecule has 6 heteroatoms. The van der Waals surface area contributed by atoms with Gasteiger partial charge in [0.1, 0.15) is 11.4 Å². The van der Waals surface area contributed by atoms with Gasteiger partial charge in [-0.1, -0.05) is 30.3 Å². The lowest BCUT2D eigenvalue weighted by Gasteiger charge is -2.19. The van der Waals surface area contributed by atoms with Gasteiger partial charge in [-0.05, 0) is 73.4 Å². The molecule has 5 rings (SSSR count). The summed E-state index contributed by atoms with van der Waals surface area (Å²) in [5, 5.41) is 3.25. The molecule has 0 unspecified atom stereocenters. The van der Waals surface area contributed by atoms with Gasteiger partial charge in [0.2, 0.25) is 0 Å². The van der Waals surface area contributed by atoms with Gasteiger partial charge in [0, 0.05) is 24.5 Å². The number of aryl methyl sites for hydroxylation is 1. The van der Waals surface area contributed by atoms with E-state index in [2.05, 4.69) is 22.3 Å². The van der Waals surface area contributed by atoms with E-state index in [9.17, 15) is 9.59 Å². The van der Waals surface area contributed by atoms with Crippen LogP contribution in [0.15, 0.2) is 78.5 Å². The van der Waals surface area contributed by atoms with Crippen LogP contribution in [0.4, 0.5) is 17.1 Å². The number of carbonyl (C=O) groups is 2. The van der Waals surface area contributed by atoms with E-state index >= 15 is 0 Å². The van der Waals surface area contributed by atoms with Gasteiger partial charge in [0.25, 0.3) is 11.8 Å². The number of methoxy groups -OCH3 is 1. The fourth-order valence-corrected chi connectivity index (χ4v) is 4.58. The van der Waals surface area contributed by atoms with Crippen molar-refractivity contribution in [2.45, 2.75) is 19.8 Å². The van der Waals surface area contributed by atoms with Crippen LogP contribution in [0.1, 0.15) is 24.0 Å². The summed E-state index contributed by atoms with van der Waals surface area (Å²) in [5.41, 5.74) is 4.65. The van der Waals surface area contributed by atoms with Gasteiger partial charge >= 0.3 is 0 Å². The third kappa shape index (κ3) is 3.92. The highest BCUT2D eigenvalue weighted by molar-refractivity contribution is 6.46. The number of hydrogen-bond donors (Lipinski definition) is 1. The SMILES string of the molecule is COc1ccc(C2=C(Nc3ccc(N4CCCC4)cc3)C(=O)N(c3ccccc3C)C2=O)cc1. The molecule has 0 spiro atoms. The highest BCUT2D eigenvalue weighted by Gasteiger charge is 2.40. The fraction of sp³-hybridized carbons (Fsp3) is 0.214. The predicted octanol–water partition coefficient (Wildman–Crippen LogP) is 5.00. The van der Waals surface area contributed by atoms with Crippen molar-refractivity contribution in [2.75, 3.05) is 35.3 Å². The van der Waals surface area contributed by atoms with Crippen molar-refractivity contribution in [1.82, 2.24) is 0 Å². The first kappa shape index (κ1) is 21.8. The molecule has 1 N–H and O–H groups in total. The number of amides is 2. The third-order valence-electron chi connectivity index (χ3n) is 6.43. The zero-order chi connectivity index (χ0) is 23.7. The molecule has 3 aromatic rings. The number of imide groups is 1. The summed E-state index contributed by atoms with van der Waals surface area (Å²) in [7, 11) is 1.59. The van der Waals surface area contributed by atoms with Gasteiger partial charge in [0.15, 0.2) is 0 Å². The maximum atomic E-state index is 13.6. The van der Waals surface area contributed by atoms with Crippen LogP contribution in [0, 0.1) is 6.92 Å². The number of rotatable bonds is 6. The molecule has 0 aliphatic carbocycles. The van der Waals surface area contributed by atoms with Crippen LogP contribution in [-0.4, -0.2) is 32.0 Å². The molecule has 0 atom stereocenters. The summed E-state index contributed by atoms with van der Waals surface area (Å²) in [6.45, 7) is 4.03. The van der Waals surface area contributed by atoms with Crippen LogP contribution in [0.3, 0.4) is 0 Å². The molecule has 34 heavy (non-hydrogen) atoms. The Kier molecular flexibility index (Phi) is 5.80. The Morgan fingerprint density at radius 3 is 2.15 bits per heavy atom. The molecule has 2 aliphatic heterocycles. The second-order valence-corrected chi connectivity index (χ2v) is 8.58. The van der Waals surface area contributed by atoms with E-state index in [1.165, 1.54) is 23.4 Å². The monoisotopic (exact) mass is 453 g/mol. The first-order valence-electron chi connectivity index (χ1n) is 11.5. The lowest BCUT2D eigenvalue weighted by molar-refractivity contribution is -0.120. The van der Waals surface area contributed by atoms with Gasteiger partial charge in [-0.15, -0.1) is 0 Å². The number of benzene rings is 3. The number of ether oxygens (including phenoxy) is 1. The molecule has 2 amide bonds. The van der Waals surface area contributed by atoms with Crippen LogP contribution >= 0.6 is 0 Å². The highest BCUT2D eigenvalue weighted by atomic mass is 16.5. The molecule has 2 aliphatic rings. The van der Waals surface area contributed by atoms with E-state index in [1.807, 2.05) is 37.3 Å². The average molecular weight is 454 g/mol. The molecule has 1 saturated heterocycles. The summed E-state index contributed by atoms with van der Waals surface area (Å²) in [4.78, 5) is 30.8. The molecule has 0 radical (unpaired) electrons. The lowest BCUT2D eigenvalue weighted by Crippen LogP contribution is -2.33. The molecule has 0 bridgehead atoms. The Morgan fingerprint density at radius 2 is 1.50 bits per heavy atom. The Balaban J connectivity index is 1.53. The zero-order valence-electron chi connectivity index (χ0n) is 19.4. The minimum Gasteiger partial charge on any atom is -0.497 e. The minimum absolute atomic E-state index is 0.271. The normalized spacial score (nSPS) is 15.9. The molecule has 0 aromatic heterocycles. The molecule has 2 heterocycles. The smallest absolute Gasteiger partial charge is 0.282 e. The van der Waals surface area contributed by atoms with E-state index in [1.54, 1.807) is 37.4 Å². The summed E-state index contributed by atoms with van der Waals surface area (Å²) in [6, 6.07) is 22.6. The van der Waals surface area contributed by atoms with Gasteiger partial charge in [0.05, 0.1) is 18.4 Å². The van der Waals surface area contributed by atoms with E-state index in [-0.39, 0.29) is 17.5 Å². The number of carbonyl (C=O) groups excluding carboxylic acids is 2. The maximum absolute atomic E-state index is 13.6. The van der Waals surface area contributed by atoms with Gasteiger partial charge in [-0.2, -0.15) is 0 Å². The molecular formula is C28H27N3O3. The first-order valence-corrected chi connectivity index (χ1v) is 11.5. The zero-order valence-corrected chi connectivity index (χ0v) is 19.4. The average Bonchev–Trinajstić information content (AvgIpc) is 3.48. The summed E-state index contributed by atoms with van der Waals surface area (Å²) in [6.07, 6.45) is 2.42. The molecule has 172 valence electrons. The molecule has 0 saturated carbocycles. The van der Waals surface area contributed by atoms with Crippen molar-refractivity contribution in [3.05, 3.63) is 89.6 Å². The van der Waals surface area contributed by atoms with E-state index in [4.69, 9.17) is 4.74 Å². The topological polar surface area (TPSA) is 61.9 Å². The van der Waals surface area contributed by atoms with Crippen molar-refractivity contribution in [1.29, 1.82) is 0 Å². The quantitative estimate of drug-likeness (QED) is 0.532. The van der Waals surface area contributed by atoms with E-state index < -0.39 is 0 Å². The number of anilines is 3. The summed E-state index contributed by atoms with van der Waals surface area (Å²) >= 11 is 0. The van der Waals surface area contributed by atoms with Crippen LogP contribution in [0.2, 0.25) is 0 Å². The lowest BCUT2D eigenvalue weighted by atomic mass is 10.0. The number of para-hydroxylation sites is 1. The van der Waals surface area contributed by atoms with Gasteiger partial charge < -0.3 is 15.0 Å². The number of hydrogen-bond acceptors (Lipinski definition) is 5. The Labute approximate surface area is 199 Å². The van der Waals surface area contributed by atoms with Crippen LogP contribution in [0.5, 0.6) is 5.75 Å². The van der Waals surface area contributed by atoms with Crippen molar-refractivity contribution >= 4 is 34.4 Å². The summed E-state index contributed by atoms with van der Waals surface area (Å²) < 4.78 is 5.26. The second-order valence-electron chi connectivity index (χ2n) is 8.58. The number of nitrogens with zero attached hydrogens (tertiary/aromatic N) is 2. The van der Waals surface area contributed by atoms with Crippen LogP contribution in [-0.2, 0) is 9.59 Å². The van der Waals surface area contributed by atoms with E-state index in [0.717, 1.165) is 24.3 Å². The number of nitrogens with one attached hydrogen (secondary N) is 1. The highest BCUT2D eigenvalue weighted by Crippen LogP contribution is 2.35. The standard InChI is InChI=1S/C28H27N3O3/c1-19-7-3-4-8-24(19)31-27(32)25(20-9-15-23(34-2)16-10-20)26(28(31)33)29-21-11-13-22(14-12-21)30-17-5-6-18-30/h3-4,7-16,29H,5-6,17-18H2,1-2H3. The molecule has 3 aromatic carbocycles. The Hall–Kier alpha value is -4.06. The van der Waals surface area contributed by atoms with Crippen molar-refractivity contribution in [3.8, 4) is 5.75 Å². The Bertz CT molecular complexity index is 1260. The first-order chi connectivity index (χ1) is 16.6. The Morgan fingerprint density at radius 1 is 0.824 bits per heavy atom. The molecule has 6 nitrogen and oxygen atoms in total. The minimum atomic E-state index is -0.367. The van der Waals surface area contributed by atoms with Gasteiger partial charge in [-0.25, -0.2) is 4.90 Å². The fourth-order valence-electron chi connectivity index (χ4n) is 4.58. The van der Waals surface area contributed by atoms with Gasteiger partial charge in [-0.3, -0.25) is 9.59 Å². The summed E-state index contributed by atoms with van der Waals surface area (Å²) in [5.74, 6) is -0.0294. The molecule has 1 fully saturated rings. The van der Waals surface area contributed by atoms with Crippen molar-refractivity contribution < 1.29 is 14.3 Å². The van der Waals surface area contributed by atoms with Crippen LogP contribution in [0.25, 0.3) is 5.57 Å². The van der Waals surface area contributed by atoms with Crippen molar-refractivity contribution in [2.24, 2.45) is 0 Å². The van der Waals surface area contributed by atoms with E-state index in [0.29, 0.717) is 22.6 Å². The maximum Gasteiger partial charge on any atom is 0.282 e. The molecular weight excluding hydrogens is 426 g/mol. The second kappa shape index (κ2) is 9.06. The van der Waals surface area contributed by atoms with Crippen molar-refractivity contribution in [3.63, 3.8) is 0 Å². The predicted molar refractivity (Wildman–Crippen MR) is 135 cm³/mol. The van der Waals surface area contributed by atoms with Crippen LogP contribution < -0.4 is 19.9 Å².